The number of carbonyl (C=O) groups excluding carboxylic acids is 1. The van der Waals surface area contributed by atoms with Gasteiger partial charge in [-0.25, -0.2) is 0 Å². The third kappa shape index (κ3) is 1.65. The van der Waals surface area contributed by atoms with Crippen molar-refractivity contribution in [2.45, 2.75) is 57.0 Å². The second-order valence-corrected chi connectivity index (χ2v) is 6.12. The smallest absolute Gasteiger partial charge is 0.240 e. The van der Waals surface area contributed by atoms with Crippen LogP contribution in [0.25, 0.3) is 0 Å². The number of carbonyl (C=O) groups is 1. The average Bonchev–Trinajstić information content (AvgIpc) is 2.93. The first-order valence-electron chi connectivity index (χ1n) is 6.73. The van der Waals surface area contributed by atoms with Crippen molar-refractivity contribution in [3.05, 3.63) is 0 Å². The Morgan fingerprint density at radius 2 is 2.25 bits per heavy atom. The highest BCUT2D eigenvalue weighted by atomic mass is 16.2. The number of rotatable bonds is 2. The van der Waals surface area contributed by atoms with Crippen LogP contribution >= 0.6 is 0 Å². The highest BCUT2D eigenvalue weighted by Crippen LogP contribution is 2.44. The van der Waals surface area contributed by atoms with Crippen molar-refractivity contribution in [1.82, 2.24) is 10.6 Å². The molecule has 0 radical (unpaired) electrons. The van der Waals surface area contributed by atoms with E-state index in [9.17, 15) is 4.79 Å². The summed E-state index contributed by atoms with van der Waals surface area (Å²) in [5, 5.41) is 6.63. The summed E-state index contributed by atoms with van der Waals surface area (Å²) < 4.78 is 0. The molecule has 3 fully saturated rings. The van der Waals surface area contributed by atoms with Crippen LogP contribution in [0.1, 0.15) is 45.4 Å². The molecule has 1 aliphatic heterocycles. The fourth-order valence-electron chi connectivity index (χ4n) is 3.84. The van der Waals surface area contributed by atoms with Crippen LogP contribution in [0.15, 0.2) is 0 Å². The Morgan fingerprint density at radius 1 is 1.38 bits per heavy atom. The fraction of sp³-hybridized carbons (Fsp3) is 0.923. The molecule has 1 heterocycles. The molecular weight excluding hydrogens is 200 g/mol. The molecule has 1 saturated heterocycles. The van der Waals surface area contributed by atoms with Crippen LogP contribution in [0.4, 0.5) is 0 Å². The number of amides is 1. The first kappa shape index (κ1) is 10.6. The van der Waals surface area contributed by atoms with Crippen molar-refractivity contribution in [2.75, 3.05) is 6.54 Å². The molecule has 2 saturated carbocycles. The van der Waals surface area contributed by atoms with E-state index in [1.807, 2.05) is 6.92 Å². The Kier molecular flexibility index (Phi) is 2.46. The molecule has 1 amide bonds. The van der Waals surface area contributed by atoms with Crippen LogP contribution in [-0.2, 0) is 4.79 Å². The number of nitrogens with one attached hydrogen (secondary N) is 2. The quantitative estimate of drug-likeness (QED) is 0.742. The second kappa shape index (κ2) is 3.73. The van der Waals surface area contributed by atoms with Crippen LogP contribution < -0.4 is 10.6 Å². The largest absolute Gasteiger partial charge is 0.351 e. The summed E-state index contributed by atoms with van der Waals surface area (Å²) in [5.74, 6) is 1.92. The van der Waals surface area contributed by atoms with Gasteiger partial charge >= 0.3 is 0 Å². The van der Waals surface area contributed by atoms with Gasteiger partial charge in [0, 0.05) is 6.04 Å². The number of hydrogen-bond donors (Lipinski definition) is 2. The van der Waals surface area contributed by atoms with Crippen molar-refractivity contribution in [3.8, 4) is 0 Å². The summed E-state index contributed by atoms with van der Waals surface area (Å²) in [6.45, 7) is 3.03. The van der Waals surface area contributed by atoms with Gasteiger partial charge in [0.05, 0.1) is 5.54 Å². The maximum absolute atomic E-state index is 12.2. The van der Waals surface area contributed by atoms with Gasteiger partial charge in [0.15, 0.2) is 0 Å². The van der Waals surface area contributed by atoms with Crippen LogP contribution in [0.3, 0.4) is 0 Å². The van der Waals surface area contributed by atoms with Crippen molar-refractivity contribution in [2.24, 2.45) is 11.8 Å². The van der Waals surface area contributed by atoms with Gasteiger partial charge in [-0.15, -0.1) is 0 Å². The van der Waals surface area contributed by atoms with E-state index in [0.29, 0.717) is 6.04 Å². The van der Waals surface area contributed by atoms with E-state index in [4.69, 9.17) is 0 Å². The molecule has 3 heteroatoms. The molecule has 90 valence electrons. The molecule has 3 aliphatic rings. The van der Waals surface area contributed by atoms with Gasteiger partial charge in [-0.1, -0.05) is 6.42 Å². The summed E-state index contributed by atoms with van der Waals surface area (Å²) >= 11 is 0. The van der Waals surface area contributed by atoms with Crippen LogP contribution in [0.5, 0.6) is 0 Å². The van der Waals surface area contributed by atoms with Gasteiger partial charge in [0.2, 0.25) is 5.91 Å². The summed E-state index contributed by atoms with van der Waals surface area (Å²) in [4.78, 5) is 12.2. The molecule has 2 bridgehead atoms. The van der Waals surface area contributed by atoms with E-state index in [0.717, 1.165) is 31.2 Å². The summed E-state index contributed by atoms with van der Waals surface area (Å²) in [7, 11) is 0. The zero-order valence-electron chi connectivity index (χ0n) is 10.1. The van der Waals surface area contributed by atoms with Crippen molar-refractivity contribution in [3.63, 3.8) is 0 Å². The summed E-state index contributed by atoms with van der Waals surface area (Å²) in [6.07, 6.45) is 7.42. The van der Waals surface area contributed by atoms with Crippen LogP contribution in [0, 0.1) is 11.8 Å². The molecule has 4 atom stereocenters. The lowest BCUT2D eigenvalue weighted by atomic mass is 9.93. The first-order valence-corrected chi connectivity index (χ1v) is 6.73. The molecule has 0 aromatic heterocycles. The van der Waals surface area contributed by atoms with E-state index < -0.39 is 0 Å². The lowest BCUT2D eigenvalue weighted by Gasteiger charge is -2.29. The van der Waals surface area contributed by atoms with Crippen LogP contribution in [-0.4, -0.2) is 24.0 Å². The Balaban J connectivity index is 1.60. The third-order valence-corrected chi connectivity index (χ3v) is 4.92. The maximum atomic E-state index is 12.2. The van der Waals surface area contributed by atoms with E-state index in [-0.39, 0.29) is 11.4 Å². The minimum absolute atomic E-state index is 0.238. The molecule has 16 heavy (non-hydrogen) atoms. The second-order valence-electron chi connectivity index (χ2n) is 6.12. The average molecular weight is 222 g/mol. The van der Waals surface area contributed by atoms with Gasteiger partial charge in [-0.2, -0.15) is 0 Å². The van der Waals surface area contributed by atoms with Gasteiger partial charge in [0.1, 0.15) is 0 Å². The Bertz CT molecular complexity index is 296. The number of fused-ring (bicyclic) bond motifs is 2. The monoisotopic (exact) mass is 222 g/mol. The maximum Gasteiger partial charge on any atom is 0.240 e. The molecule has 2 aliphatic carbocycles. The normalized spacial score (nSPS) is 46.2. The molecule has 0 spiro atoms. The molecule has 0 aromatic carbocycles. The molecule has 4 unspecified atom stereocenters. The Hall–Kier alpha value is -0.570. The predicted octanol–water partition coefficient (Wildman–Crippen LogP) is 1.43. The van der Waals surface area contributed by atoms with Crippen molar-refractivity contribution < 1.29 is 4.79 Å². The lowest BCUT2D eigenvalue weighted by molar-refractivity contribution is -0.127. The van der Waals surface area contributed by atoms with E-state index in [1.54, 1.807) is 0 Å². The van der Waals surface area contributed by atoms with E-state index in [1.165, 1.54) is 25.7 Å². The molecule has 2 N–H and O–H groups in total. The van der Waals surface area contributed by atoms with E-state index >= 15 is 0 Å². The molecule has 3 rings (SSSR count). The highest BCUT2D eigenvalue weighted by molar-refractivity contribution is 5.86. The van der Waals surface area contributed by atoms with E-state index in [2.05, 4.69) is 10.6 Å². The minimum atomic E-state index is -0.290. The van der Waals surface area contributed by atoms with Crippen LogP contribution in [0.2, 0.25) is 0 Å². The molecule has 0 aromatic rings. The third-order valence-electron chi connectivity index (χ3n) is 4.92. The number of hydrogen-bond acceptors (Lipinski definition) is 2. The predicted molar refractivity (Wildman–Crippen MR) is 63.0 cm³/mol. The van der Waals surface area contributed by atoms with Gasteiger partial charge in [0.25, 0.3) is 0 Å². The lowest BCUT2D eigenvalue weighted by Crippen LogP contribution is -2.54. The Morgan fingerprint density at radius 3 is 2.81 bits per heavy atom. The Labute approximate surface area is 97.4 Å². The van der Waals surface area contributed by atoms with Gasteiger partial charge < -0.3 is 10.6 Å². The SMILES string of the molecule is CC1(C(=O)NC2CC3CCC2C3)CCCN1. The van der Waals surface area contributed by atoms with Crippen molar-refractivity contribution >= 4 is 5.91 Å². The molecular formula is C13H22N2O. The van der Waals surface area contributed by atoms with Crippen molar-refractivity contribution in [1.29, 1.82) is 0 Å². The van der Waals surface area contributed by atoms with Gasteiger partial charge in [-0.05, 0) is 57.4 Å². The highest BCUT2D eigenvalue weighted by Gasteiger charge is 2.43. The molecule has 3 nitrogen and oxygen atoms in total. The topological polar surface area (TPSA) is 41.1 Å². The van der Waals surface area contributed by atoms with Gasteiger partial charge in [-0.3, -0.25) is 4.79 Å². The summed E-state index contributed by atoms with van der Waals surface area (Å²) in [5.41, 5.74) is -0.290. The summed E-state index contributed by atoms with van der Waals surface area (Å²) in [6, 6.07) is 0.477. The standard InChI is InChI=1S/C13H22N2O/c1-13(5-2-6-14-13)12(16)15-11-8-9-3-4-10(11)7-9/h9-11,14H,2-8H2,1H3,(H,15,16). The zero-order chi connectivity index (χ0) is 11.2. The minimum Gasteiger partial charge on any atom is -0.351 e. The first-order chi connectivity index (χ1) is 7.67. The fourth-order valence-corrected chi connectivity index (χ4v) is 3.84. The zero-order valence-corrected chi connectivity index (χ0v) is 10.1.